The van der Waals surface area contributed by atoms with E-state index in [0.29, 0.717) is 12.5 Å². The summed E-state index contributed by atoms with van der Waals surface area (Å²) in [4.78, 5) is 25.1. The normalized spacial score (nSPS) is 18.1. The number of esters is 1. The molecular formula is C14H17NO3. The van der Waals surface area contributed by atoms with Crippen LogP contribution in [0.15, 0.2) is 24.3 Å². The van der Waals surface area contributed by atoms with Gasteiger partial charge in [0.1, 0.15) is 0 Å². The summed E-state index contributed by atoms with van der Waals surface area (Å²) in [6, 6.07) is 7.69. The zero-order chi connectivity index (χ0) is 13.1. The third-order valence-corrected chi connectivity index (χ3v) is 3.04. The number of benzene rings is 1. The first kappa shape index (κ1) is 12.6. The molecule has 0 aromatic heterocycles. The molecule has 4 nitrogen and oxygen atoms in total. The topological polar surface area (TPSA) is 46.6 Å². The van der Waals surface area contributed by atoms with E-state index >= 15 is 0 Å². The molecule has 4 heteroatoms. The van der Waals surface area contributed by atoms with Crippen molar-refractivity contribution in [2.24, 2.45) is 5.92 Å². The van der Waals surface area contributed by atoms with Crippen LogP contribution in [0, 0.1) is 5.92 Å². The number of amides is 1. The molecule has 18 heavy (non-hydrogen) atoms. The van der Waals surface area contributed by atoms with Crippen molar-refractivity contribution in [3.05, 3.63) is 29.8 Å². The van der Waals surface area contributed by atoms with Crippen molar-refractivity contribution in [1.82, 2.24) is 0 Å². The Balaban J connectivity index is 2.28. The lowest BCUT2D eigenvalue weighted by Gasteiger charge is -2.32. The number of hydrogen-bond acceptors (Lipinski definition) is 3. The summed E-state index contributed by atoms with van der Waals surface area (Å²) in [6.45, 7) is 4.55. The molecule has 0 bridgehead atoms. The van der Waals surface area contributed by atoms with Crippen LogP contribution in [0.4, 0.5) is 5.69 Å². The minimum Gasteiger partial charge on any atom is -0.459 e. The van der Waals surface area contributed by atoms with Gasteiger partial charge in [-0.1, -0.05) is 25.1 Å². The molecule has 1 amide bonds. The number of carbonyl (C=O) groups is 2. The van der Waals surface area contributed by atoms with Gasteiger partial charge in [-0.3, -0.25) is 4.79 Å². The van der Waals surface area contributed by atoms with Gasteiger partial charge in [0.15, 0.2) is 0 Å². The summed E-state index contributed by atoms with van der Waals surface area (Å²) < 4.78 is 4.78. The van der Waals surface area contributed by atoms with Crippen molar-refractivity contribution in [3.8, 4) is 0 Å². The maximum atomic E-state index is 12.0. The highest BCUT2D eigenvalue weighted by Crippen LogP contribution is 2.29. The molecular weight excluding hydrogens is 230 g/mol. The second kappa shape index (κ2) is 5.21. The standard InChI is InChI=1S/C14H17NO3/c1-3-18-14(17)13(16)15-9-10(2)8-11-6-4-5-7-12(11)15/h4-7,10H,3,8-9H2,1-2H3. The first-order valence-corrected chi connectivity index (χ1v) is 6.20. The Bertz CT molecular complexity index is 470. The molecule has 1 unspecified atom stereocenters. The van der Waals surface area contributed by atoms with Crippen LogP contribution in [0.2, 0.25) is 0 Å². The average molecular weight is 247 g/mol. The third kappa shape index (κ3) is 2.37. The minimum atomic E-state index is -0.776. The summed E-state index contributed by atoms with van der Waals surface area (Å²) >= 11 is 0. The summed E-state index contributed by atoms with van der Waals surface area (Å²) in [5.41, 5.74) is 1.93. The summed E-state index contributed by atoms with van der Waals surface area (Å²) in [6.07, 6.45) is 0.933. The van der Waals surface area contributed by atoms with E-state index in [0.717, 1.165) is 17.7 Å². The molecule has 1 aromatic rings. The van der Waals surface area contributed by atoms with E-state index in [2.05, 4.69) is 6.92 Å². The SMILES string of the molecule is CCOC(=O)C(=O)N1CC(C)Cc2ccccc21. The Morgan fingerprint density at radius 1 is 1.39 bits per heavy atom. The van der Waals surface area contributed by atoms with Crippen LogP contribution >= 0.6 is 0 Å². The molecule has 2 rings (SSSR count). The Labute approximate surface area is 107 Å². The monoisotopic (exact) mass is 247 g/mol. The zero-order valence-electron chi connectivity index (χ0n) is 10.7. The molecule has 0 saturated carbocycles. The van der Waals surface area contributed by atoms with Gasteiger partial charge in [0, 0.05) is 12.2 Å². The van der Waals surface area contributed by atoms with Gasteiger partial charge in [-0.2, -0.15) is 0 Å². The lowest BCUT2D eigenvalue weighted by Crippen LogP contribution is -2.43. The lowest BCUT2D eigenvalue weighted by atomic mass is 9.94. The van der Waals surface area contributed by atoms with Gasteiger partial charge in [-0.15, -0.1) is 0 Å². The Hall–Kier alpha value is -1.84. The van der Waals surface area contributed by atoms with E-state index in [4.69, 9.17) is 4.74 Å². The molecule has 0 N–H and O–H groups in total. The molecule has 0 spiro atoms. The second-order valence-corrected chi connectivity index (χ2v) is 4.57. The molecule has 1 heterocycles. The van der Waals surface area contributed by atoms with E-state index in [9.17, 15) is 9.59 Å². The fraction of sp³-hybridized carbons (Fsp3) is 0.429. The number of rotatable bonds is 1. The number of fused-ring (bicyclic) bond motifs is 1. The highest BCUT2D eigenvalue weighted by atomic mass is 16.5. The van der Waals surface area contributed by atoms with Gasteiger partial charge in [0.25, 0.3) is 0 Å². The molecule has 0 fully saturated rings. The van der Waals surface area contributed by atoms with Crippen LogP contribution in [-0.2, 0) is 20.7 Å². The van der Waals surface area contributed by atoms with E-state index in [-0.39, 0.29) is 6.61 Å². The van der Waals surface area contributed by atoms with Crippen LogP contribution in [0.5, 0.6) is 0 Å². The molecule has 0 radical (unpaired) electrons. The van der Waals surface area contributed by atoms with Gasteiger partial charge < -0.3 is 9.64 Å². The van der Waals surface area contributed by atoms with E-state index in [1.54, 1.807) is 6.92 Å². The van der Waals surface area contributed by atoms with E-state index < -0.39 is 11.9 Å². The summed E-state index contributed by atoms with van der Waals surface area (Å²) in [5.74, 6) is -1.00. The molecule has 1 atom stereocenters. The minimum absolute atomic E-state index is 0.218. The Morgan fingerprint density at radius 2 is 2.11 bits per heavy atom. The van der Waals surface area contributed by atoms with Crippen molar-refractivity contribution in [2.45, 2.75) is 20.3 Å². The first-order chi connectivity index (χ1) is 8.63. The van der Waals surface area contributed by atoms with E-state index in [1.165, 1.54) is 4.90 Å². The molecule has 1 aromatic carbocycles. The summed E-state index contributed by atoms with van der Waals surface area (Å²) in [7, 11) is 0. The quantitative estimate of drug-likeness (QED) is 0.561. The van der Waals surface area contributed by atoms with Gasteiger partial charge in [0.2, 0.25) is 0 Å². The predicted molar refractivity (Wildman–Crippen MR) is 68.3 cm³/mol. The Kier molecular flexibility index (Phi) is 3.65. The van der Waals surface area contributed by atoms with Gasteiger partial charge in [0.05, 0.1) is 6.61 Å². The fourth-order valence-electron chi connectivity index (χ4n) is 2.29. The molecule has 1 aliphatic heterocycles. The van der Waals surface area contributed by atoms with Crippen LogP contribution in [0.1, 0.15) is 19.4 Å². The number of anilines is 1. The largest absolute Gasteiger partial charge is 0.459 e. The molecule has 96 valence electrons. The maximum absolute atomic E-state index is 12.0. The number of ether oxygens (including phenoxy) is 1. The number of hydrogen-bond donors (Lipinski definition) is 0. The maximum Gasteiger partial charge on any atom is 0.397 e. The molecule has 1 aliphatic rings. The van der Waals surface area contributed by atoms with Crippen LogP contribution < -0.4 is 4.90 Å². The lowest BCUT2D eigenvalue weighted by molar-refractivity contribution is -0.153. The number of carbonyl (C=O) groups excluding carboxylic acids is 2. The second-order valence-electron chi connectivity index (χ2n) is 4.57. The Morgan fingerprint density at radius 3 is 2.83 bits per heavy atom. The highest BCUT2D eigenvalue weighted by molar-refractivity contribution is 6.38. The average Bonchev–Trinajstić information content (AvgIpc) is 2.37. The van der Waals surface area contributed by atoms with E-state index in [1.807, 2.05) is 24.3 Å². The van der Waals surface area contributed by atoms with Gasteiger partial charge in [-0.25, -0.2) is 4.79 Å². The van der Waals surface area contributed by atoms with Gasteiger partial charge >= 0.3 is 11.9 Å². The van der Waals surface area contributed by atoms with Crippen molar-refractivity contribution in [3.63, 3.8) is 0 Å². The van der Waals surface area contributed by atoms with Crippen molar-refractivity contribution < 1.29 is 14.3 Å². The zero-order valence-corrected chi connectivity index (χ0v) is 10.7. The van der Waals surface area contributed by atoms with Crippen LogP contribution in [-0.4, -0.2) is 25.0 Å². The first-order valence-electron chi connectivity index (χ1n) is 6.20. The smallest absolute Gasteiger partial charge is 0.397 e. The van der Waals surface area contributed by atoms with Crippen molar-refractivity contribution in [1.29, 1.82) is 0 Å². The van der Waals surface area contributed by atoms with Crippen molar-refractivity contribution >= 4 is 17.6 Å². The molecule has 0 saturated heterocycles. The van der Waals surface area contributed by atoms with Crippen LogP contribution in [0.3, 0.4) is 0 Å². The number of nitrogens with zero attached hydrogens (tertiary/aromatic N) is 1. The fourth-order valence-corrected chi connectivity index (χ4v) is 2.29. The van der Waals surface area contributed by atoms with Crippen LogP contribution in [0.25, 0.3) is 0 Å². The third-order valence-electron chi connectivity index (χ3n) is 3.04. The van der Waals surface area contributed by atoms with Gasteiger partial charge in [-0.05, 0) is 30.9 Å². The number of para-hydroxylation sites is 1. The molecule has 0 aliphatic carbocycles. The summed E-state index contributed by atoms with van der Waals surface area (Å²) in [5, 5.41) is 0. The van der Waals surface area contributed by atoms with Crippen molar-refractivity contribution in [2.75, 3.05) is 18.1 Å². The predicted octanol–water partition coefficient (Wildman–Crippen LogP) is 1.77. The highest BCUT2D eigenvalue weighted by Gasteiger charge is 2.30.